The van der Waals surface area contributed by atoms with Crippen LogP contribution in [0.15, 0.2) is 42.6 Å². The van der Waals surface area contributed by atoms with Gasteiger partial charge in [-0.25, -0.2) is 4.98 Å². The van der Waals surface area contributed by atoms with Crippen LogP contribution < -0.4 is 10.1 Å². The molecule has 2 aromatic rings. The molecule has 8 heteroatoms. The van der Waals surface area contributed by atoms with Gasteiger partial charge in [-0.15, -0.1) is 0 Å². The quantitative estimate of drug-likeness (QED) is 0.738. The standard InChI is InChI=1S/C17H16Cl2N2O4/c1-11(17(23)21-16-14(19)9-12(18)10-20-16)25-15(22)7-8-24-13-5-3-2-4-6-13/h2-6,9-11H,7-8H2,1H3,(H,20,21,23)/t11-/m0/s1. The minimum absolute atomic E-state index is 0.0203. The van der Waals surface area contributed by atoms with Gasteiger partial charge in [0, 0.05) is 6.20 Å². The van der Waals surface area contributed by atoms with Crippen LogP contribution in [0.2, 0.25) is 10.0 Å². The molecule has 1 atom stereocenters. The number of anilines is 1. The fourth-order valence-corrected chi connectivity index (χ4v) is 2.23. The Morgan fingerprint density at radius 3 is 2.64 bits per heavy atom. The maximum absolute atomic E-state index is 12.0. The summed E-state index contributed by atoms with van der Waals surface area (Å²) in [5.74, 6) is -0.293. The lowest BCUT2D eigenvalue weighted by Crippen LogP contribution is -2.30. The second kappa shape index (κ2) is 9.25. The predicted octanol–water partition coefficient (Wildman–Crippen LogP) is 3.73. The molecule has 0 saturated heterocycles. The predicted molar refractivity (Wildman–Crippen MR) is 95.0 cm³/mol. The van der Waals surface area contributed by atoms with Gasteiger partial charge in [-0.2, -0.15) is 0 Å². The zero-order valence-corrected chi connectivity index (χ0v) is 14.9. The summed E-state index contributed by atoms with van der Waals surface area (Å²) >= 11 is 11.7. The molecular formula is C17H16Cl2N2O4. The summed E-state index contributed by atoms with van der Waals surface area (Å²) in [6.45, 7) is 1.61. The third-order valence-corrected chi connectivity index (χ3v) is 3.54. The molecule has 0 spiro atoms. The molecule has 25 heavy (non-hydrogen) atoms. The Bertz CT molecular complexity index is 741. The third-order valence-electron chi connectivity index (χ3n) is 3.04. The number of hydrogen-bond donors (Lipinski definition) is 1. The number of aromatic nitrogens is 1. The maximum Gasteiger partial charge on any atom is 0.310 e. The number of amides is 1. The van der Waals surface area contributed by atoms with Gasteiger partial charge in [0.05, 0.1) is 23.1 Å². The maximum atomic E-state index is 12.0. The highest BCUT2D eigenvalue weighted by Gasteiger charge is 2.19. The van der Waals surface area contributed by atoms with Crippen molar-refractivity contribution in [3.8, 4) is 5.75 Å². The van der Waals surface area contributed by atoms with E-state index in [0.717, 1.165) is 0 Å². The van der Waals surface area contributed by atoms with Crippen molar-refractivity contribution in [3.05, 3.63) is 52.6 Å². The molecule has 0 aliphatic heterocycles. The van der Waals surface area contributed by atoms with Gasteiger partial charge in [0.2, 0.25) is 0 Å². The van der Waals surface area contributed by atoms with E-state index in [0.29, 0.717) is 10.8 Å². The van der Waals surface area contributed by atoms with Crippen LogP contribution >= 0.6 is 23.2 Å². The molecule has 1 N–H and O–H groups in total. The van der Waals surface area contributed by atoms with Crippen molar-refractivity contribution in [3.63, 3.8) is 0 Å². The van der Waals surface area contributed by atoms with Crippen molar-refractivity contribution in [2.24, 2.45) is 0 Å². The number of rotatable bonds is 7. The monoisotopic (exact) mass is 382 g/mol. The number of ether oxygens (including phenoxy) is 2. The molecule has 0 unspecified atom stereocenters. The second-order valence-corrected chi connectivity index (χ2v) is 5.86. The van der Waals surface area contributed by atoms with E-state index < -0.39 is 18.0 Å². The van der Waals surface area contributed by atoms with E-state index >= 15 is 0 Å². The van der Waals surface area contributed by atoms with Gasteiger partial charge in [0.25, 0.3) is 5.91 Å². The van der Waals surface area contributed by atoms with Crippen LogP contribution in [-0.2, 0) is 14.3 Å². The third kappa shape index (κ3) is 6.25. The van der Waals surface area contributed by atoms with Gasteiger partial charge >= 0.3 is 5.97 Å². The molecule has 1 aromatic heterocycles. The fraction of sp³-hybridized carbons (Fsp3) is 0.235. The van der Waals surface area contributed by atoms with Crippen molar-refractivity contribution < 1.29 is 19.1 Å². The van der Waals surface area contributed by atoms with Crippen molar-refractivity contribution >= 4 is 40.9 Å². The van der Waals surface area contributed by atoms with Crippen molar-refractivity contribution in [1.29, 1.82) is 0 Å². The number of para-hydroxylation sites is 1. The van der Waals surface area contributed by atoms with Crippen LogP contribution in [0.4, 0.5) is 5.82 Å². The number of halogens is 2. The SMILES string of the molecule is C[C@H](OC(=O)CCOc1ccccc1)C(=O)Nc1ncc(Cl)cc1Cl. The average molecular weight is 383 g/mol. The Hall–Kier alpha value is -2.31. The molecule has 0 saturated carbocycles. The highest BCUT2D eigenvalue weighted by atomic mass is 35.5. The van der Waals surface area contributed by atoms with Crippen molar-refractivity contribution in [2.45, 2.75) is 19.4 Å². The van der Waals surface area contributed by atoms with E-state index in [2.05, 4.69) is 10.3 Å². The van der Waals surface area contributed by atoms with Crippen LogP contribution in [0, 0.1) is 0 Å². The van der Waals surface area contributed by atoms with E-state index in [9.17, 15) is 9.59 Å². The minimum Gasteiger partial charge on any atom is -0.493 e. The molecule has 0 fully saturated rings. The summed E-state index contributed by atoms with van der Waals surface area (Å²) in [6, 6.07) is 10.5. The number of benzene rings is 1. The number of esters is 1. The van der Waals surface area contributed by atoms with E-state index in [1.165, 1.54) is 19.2 Å². The molecule has 0 radical (unpaired) electrons. The van der Waals surface area contributed by atoms with Gasteiger partial charge < -0.3 is 14.8 Å². The van der Waals surface area contributed by atoms with Gasteiger partial charge in [0.1, 0.15) is 5.75 Å². The lowest BCUT2D eigenvalue weighted by Gasteiger charge is -2.14. The molecule has 0 aliphatic rings. The Kier molecular flexibility index (Phi) is 7.03. The number of nitrogens with zero attached hydrogens (tertiary/aromatic N) is 1. The topological polar surface area (TPSA) is 77.5 Å². The van der Waals surface area contributed by atoms with Gasteiger partial charge in [-0.3, -0.25) is 9.59 Å². The average Bonchev–Trinajstić information content (AvgIpc) is 2.58. The summed E-state index contributed by atoms with van der Waals surface area (Å²) in [6.07, 6.45) is 0.366. The number of pyridine rings is 1. The second-order valence-electron chi connectivity index (χ2n) is 5.02. The molecule has 1 aromatic carbocycles. The Morgan fingerprint density at radius 1 is 1.24 bits per heavy atom. The summed E-state index contributed by atoms with van der Waals surface area (Å²) in [4.78, 5) is 27.7. The first-order chi connectivity index (χ1) is 12.0. The zero-order valence-electron chi connectivity index (χ0n) is 13.4. The highest BCUT2D eigenvalue weighted by molar-refractivity contribution is 6.36. The van der Waals surface area contributed by atoms with Crippen molar-refractivity contribution in [1.82, 2.24) is 4.98 Å². The van der Waals surface area contributed by atoms with Crippen molar-refractivity contribution in [2.75, 3.05) is 11.9 Å². The lowest BCUT2D eigenvalue weighted by molar-refractivity contribution is -0.153. The normalized spacial score (nSPS) is 11.5. The fourth-order valence-electron chi connectivity index (χ4n) is 1.80. The zero-order chi connectivity index (χ0) is 18.2. The van der Waals surface area contributed by atoms with E-state index in [4.69, 9.17) is 32.7 Å². The molecular weight excluding hydrogens is 367 g/mol. The van der Waals surface area contributed by atoms with Crippen LogP contribution in [-0.4, -0.2) is 29.6 Å². The molecule has 1 amide bonds. The number of carbonyl (C=O) groups is 2. The first-order valence-corrected chi connectivity index (χ1v) is 8.20. The first kappa shape index (κ1) is 19.0. The minimum atomic E-state index is -1.00. The Labute approximate surface area is 155 Å². The summed E-state index contributed by atoms with van der Waals surface area (Å²) in [7, 11) is 0. The summed E-state index contributed by atoms with van der Waals surface area (Å²) in [5.41, 5.74) is 0. The molecule has 6 nitrogen and oxygen atoms in total. The first-order valence-electron chi connectivity index (χ1n) is 7.45. The Morgan fingerprint density at radius 2 is 1.96 bits per heavy atom. The van der Waals surface area contributed by atoms with Crippen LogP contribution in [0.25, 0.3) is 0 Å². The van der Waals surface area contributed by atoms with Crippen LogP contribution in [0.5, 0.6) is 5.75 Å². The summed E-state index contributed by atoms with van der Waals surface area (Å²) < 4.78 is 10.5. The molecule has 2 rings (SSSR count). The van der Waals surface area contributed by atoms with Crippen LogP contribution in [0.3, 0.4) is 0 Å². The largest absolute Gasteiger partial charge is 0.493 e. The number of hydrogen-bond acceptors (Lipinski definition) is 5. The van der Waals surface area contributed by atoms with Crippen LogP contribution in [0.1, 0.15) is 13.3 Å². The van der Waals surface area contributed by atoms with Gasteiger partial charge in [-0.05, 0) is 25.1 Å². The van der Waals surface area contributed by atoms with E-state index in [-0.39, 0.29) is 23.9 Å². The molecule has 132 valence electrons. The smallest absolute Gasteiger partial charge is 0.310 e. The van der Waals surface area contributed by atoms with E-state index in [1.807, 2.05) is 18.2 Å². The number of nitrogens with one attached hydrogen (secondary N) is 1. The summed E-state index contributed by atoms with van der Waals surface area (Å²) in [5, 5.41) is 3.01. The number of carbonyl (C=O) groups excluding carboxylic acids is 2. The Balaban J connectivity index is 1.77. The highest BCUT2D eigenvalue weighted by Crippen LogP contribution is 2.22. The van der Waals surface area contributed by atoms with E-state index in [1.54, 1.807) is 12.1 Å². The molecule has 1 heterocycles. The van der Waals surface area contributed by atoms with Gasteiger partial charge in [-0.1, -0.05) is 41.4 Å². The van der Waals surface area contributed by atoms with Gasteiger partial charge in [0.15, 0.2) is 11.9 Å². The molecule has 0 aliphatic carbocycles. The molecule has 0 bridgehead atoms. The lowest BCUT2D eigenvalue weighted by atomic mass is 10.3.